The van der Waals surface area contributed by atoms with E-state index in [0.717, 1.165) is 7.11 Å². The van der Waals surface area contributed by atoms with Crippen LogP contribution in [0.3, 0.4) is 0 Å². The summed E-state index contributed by atoms with van der Waals surface area (Å²) in [5.41, 5.74) is 1.54. The van der Waals surface area contributed by atoms with E-state index in [2.05, 4.69) is 4.18 Å². The Labute approximate surface area is 111 Å². The first-order valence-electron chi connectivity index (χ1n) is 4.99. The molecule has 19 heavy (non-hydrogen) atoms. The molecule has 0 atom stereocenters. The molecule has 1 rings (SSSR count). The highest BCUT2D eigenvalue weighted by molar-refractivity contribution is 7.80. The molecule has 110 valence electrons. The van der Waals surface area contributed by atoms with Crippen LogP contribution in [0.4, 0.5) is 0 Å². The zero-order chi connectivity index (χ0) is 15.2. The second-order valence-corrected chi connectivity index (χ2v) is 4.74. The van der Waals surface area contributed by atoms with Crippen LogP contribution in [0.25, 0.3) is 0 Å². The molecule has 0 saturated carbocycles. The van der Waals surface area contributed by atoms with Gasteiger partial charge in [-0.2, -0.15) is 8.42 Å². The summed E-state index contributed by atoms with van der Waals surface area (Å²) in [6, 6.07) is 0. The van der Waals surface area contributed by atoms with E-state index in [0.29, 0.717) is 17.7 Å². The van der Waals surface area contributed by atoms with E-state index in [1.807, 2.05) is 0 Å². The summed E-state index contributed by atoms with van der Waals surface area (Å²) >= 11 is 0. The van der Waals surface area contributed by atoms with Crippen molar-refractivity contribution in [2.45, 2.75) is 13.8 Å². The molecule has 0 unspecified atom stereocenters. The Balaban J connectivity index is 0.000000459. The highest BCUT2D eigenvalue weighted by Gasteiger charge is 2.23. The molecule has 0 bridgehead atoms. The molecule has 0 aromatic heterocycles. The second kappa shape index (κ2) is 7.19. The van der Waals surface area contributed by atoms with Gasteiger partial charge < -0.3 is 0 Å². The van der Waals surface area contributed by atoms with Crippen LogP contribution >= 0.6 is 0 Å². The predicted octanol–water partition coefficient (Wildman–Crippen LogP) is 0.754. The summed E-state index contributed by atoms with van der Waals surface area (Å²) in [7, 11) is -1.76. The van der Waals surface area contributed by atoms with Crippen molar-refractivity contribution in [3.05, 3.63) is 33.2 Å². The smallest absolute Gasteiger partial charge is 0.277 e. The topological polar surface area (TPSA) is 119 Å². The van der Waals surface area contributed by atoms with Crippen molar-refractivity contribution < 1.29 is 26.9 Å². The standard InChI is InChI=1S/C8H12N2O3.CH4O4S/c1-6-4-9(13-3)5-7(2)8(6)10(11)12;1-5-6(2,3)4/h4H,5H2,1-3H3;1H3,(H,2,3,4). The van der Waals surface area contributed by atoms with Crippen LogP contribution < -0.4 is 0 Å². The van der Waals surface area contributed by atoms with Crippen LogP contribution in [0.15, 0.2) is 23.0 Å². The summed E-state index contributed by atoms with van der Waals surface area (Å²) in [5.74, 6) is 0. The van der Waals surface area contributed by atoms with Gasteiger partial charge >= 0.3 is 10.4 Å². The molecule has 1 heterocycles. The Kier molecular flexibility index (Phi) is 6.62. The van der Waals surface area contributed by atoms with Crippen molar-refractivity contribution in [3.8, 4) is 0 Å². The van der Waals surface area contributed by atoms with Crippen molar-refractivity contribution in [2.24, 2.45) is 0 Å². The van der Waals surface area contributed by atoms with E-state index >= 15 is 0 Å². The van der Waals surface area contributed by atoms with E-state index in [4.69, 9.17) is 9.39 Å². The summed E-state index contributed by atoms with van der Waals surface area (Å²) in [4.78, 5) is 15.2. The van der Waals surface area contributed by atoms with Crippen LogP contribution in [0.2, 0.25) is 0 Å². The Morgan fingerprint density at radius 1 is 1.42 bits per heavy atom. The molecule has 0 saturated heterocycles. The fourth-order valence-electron chi connectivity index (χ4n) is 1.39. The third-order valence-corrected chi connectivity index (χ3v) is 2.56. The van der Waals surface area contributed by atoms with Gasteiger partial charge in [-0.25, -0.2) is 0 Å². The fraction of sp³-hybridized carbons (Fsp3) is 0.556. The number of allylic oxidation sites excluding steroid dienone is 1. The molecule has 1 aliphatic heterocycles. The van der Waals surface area contributed by atoms with Gasteiger partial charge in [0.15, 0.2) is 0 Å². The van der Waals surface area contributed by atoms with Gasteiger partial charge in [-0.3, -0.25) is 28.8 Å². The van der Waals surface area contributed by atoms with Gasteiger partial charge in [0.25, 0.3) is 5.70 Å². The third-order valence-electron chi connectivity index (χ3n) is 2.14. The van der Waals surface area contributed by atoms with Crippen molar-refractivity contribution in [1.29, 1.82) is 0 Å². The molecule has 1 N–H and O–H groups in total. The molecule has 0 aliphatic carbocycles. The average Bonchev–Trinajstić information content (AvgIpc) is 2.27. The molecule has 1 aliphatic rings. The maximum absolute atomic E-state index is 10.6. The Morgan fingerprint density at radius 2 is 1.89 bits per heavy atom. The van der Waals surface area contributed by atoms with E-state index in [-0.39, 0.29) is 10.6 Å². The first-order chi connectivity index (χ1) is 8.62. The number of hydrogen-bond acceptors (Lipinski definition) is 7. The number of nitrogens with zero attached hydrogens (tertiary/aromatic N) is 2. The number of rotatable bonds is 3. The van der Waals surface area contributed by atoms with E-state index < -0.39 is 10.4 Å². The minimum Gasteiger partial charge on any atom is -0.277 e. The van der Waals surface area contributed by atoms with Crippen LogP contribution in [-0.2, 0) is 19.4 Å². The number of hydroxylamine groups is 2. The lowest BCUT2D eigenvalue weighted by Crippen LogP contribution is -2.25. The molecule has 0 fully saturated rings. The lowest BCUT2D eigenvalue weighted by Gasteiger charge is -2.22. The first kappa shape index (κ1) is 17.5. The minimum atomic E-state index is -4.16. The van der Waals surface area contributed by atoms with Gasteiger partial charge in [-0.1, -0.05) is 0 Å². The Bertz CT molecular complexity index is 495. The summed E-state index contributed by atoms with van der Waals surface area (Å²) < 4.78 is 29.7. The zero-order valence-corrected chi connectivity index (χ0v) is 11.8. The Hall–Kier alpha value is -1.49. The zero-order valence-electron chi connectivity index (χ0n) is 11.0. The molecule has 9 nitrogen and oxygen atoms in total. The largest absolute Gasteiger partial charge is 0.397 e. The van der Waals surface area contributed by atoms with Gasteiger partial charge in [0.2, 0.25) is 0 Å². The summed E-state index contributed by atoms with van der Waals surface area (Å²) in [6.45, 7) is 3.89. The normalized spacial score (nSPS) is 15.6. The predicted molar refractivity (Wildman–Crippen MR) is 65.7 cm³/mol. The van der Waals surface area contributed by atoms with Gasteiger partial charge in [0.05, 0.1) is 25.7 Å². The molecule has 0 aromatic carbocycles. The minimum absolute atomic E-state index is 0.202. The van der Waals surface area contributed by atoms with Gasteiger partial charge in [0.1, 0.15) is 0 Å². The lowest BCUT2D eigenvalue weighted by molar-refractivity contribution is -0.423. The maximum Gasteiger partial charge on any atom is 0.397 e. The molecule has 10 heteroatoms. The molecule has 0 amide bonds. The van der Waals surface area contributed by atoms with Crippen molar-refractivity contribution >= 4 is 10.4 Å². The van der Waals surface area contributed by atoms with E-state index in [9.17, 15) is 18.5 Å². The molecular formula is C9H16N2O7S. The molecule has 0 spiro atoms. The number of nitro groups is 1. The van der Waals surface area contributed by atoms with Gasteiger partial charge in [-0.05, 0) is 13.8 Å². The Morgan fingerprint density at radius 3 is 2.16 bits per heavy atom. The highest BCUT2D eigenvalue weighted by atomic mass is 32.3. The maximum atomic E-state index is 10.6. The van der Waals surface area contributed by atoms with Crippen LogP contribution in [0, 0.1) is 10.1 Å². The number of hydrogen-bond donors (Lipinski definition) is 1. The monoisotopic (exact) mass is 296 g/mol. The van der Waals surface area contributed by atoms with E-state index in [1.165, 1.54) is 7.11 Å². The van der Waals surface area contributed by atoms with Crippen LogP contribution in [0.5, 0.6) is 0 Å². The van der Waals surface area contributed by atoms with Crippen molar-refractivity contribution in [3.63, 3.8) is 0 Å². The van der Waals surface area contributed by atoms with Gasteiger partial charge in [0, 0.05) is 17.3 Å². The highest BCUT2D eigenvalue weighted by Crippen LogP contribution is 2.21. The second-order valence-electron chi connectivity index (χ2n) is 3.55. The van der Waals surface area contributed by atoms with E-state index in [1.54, 1.807) is 25.1 Å². The van der Waals surface area contributed by atoms with Crippen LogP contribution in [0.1, 0.15) is 13.8 Å². The van der Waals surface area contributed by atoms with Crippen LogP contribution in [-0.4, -0.2) is 43.7 Å². The molecule has 0 aromatic rings. The van der Waals surface area contributed by atoms with Crippen molar-refractivity contribution in [1.82, 2.24) is 5.06 Å². The fourth-order valence-corrected chi connectivity index (χ4v) is 1.39. The summed E-state index contributed by atoms with van der Waals surface area (Å²) in [5, 5.41) is 12.2. The quantitative estimate of drug-likeness (QED) is 0.460. The van der Waals surface area contributed by atoms with Gasteiger partial charge in [-0.15, -0.1) is 0 Å². The SMILES string of the molecule is CON1C=C(C)C([N+](=O)[O-])=C(C)C1.COS(=O)(=O)O. The van der Waals surface area contributed by atoms with Crippen molar-refractivity contribution in [2.75, 3.05) is 20.8 Å². The first-order valence-corrected chi connectivity index (χ1v) is 6.35. The summed E-state index contributed by atoms with van der Waals surface area (Å²) in [6.07, 6.45) is 1.63. The third kappa shape index (κ3) is 6.29. The lowest BCUT2D eigenvalue weighted by atomic mass is 10.1. The molecule has 0 radical (unpaired) electrons. The average molecular weight is 296 g/mol. The molecular weight excluding hydrogens is 280 g/mol.